The number of hydrazine groups is 1. The molecule has 0 saturated heterocycles. The molecule has 102 valence electrons. The van der Waals surface area contributed by atoms with E-state index >= 15 is 0 Å². The zero-order chi connectivity index (χ0) is 14.0. The van der Waals surface area contributed by atoms with Crippen molar-refractivity contribution in [2.24, 2.45) is 5.84 Å². The van der Waals surface area contributed by atoms with Crippen molar-refractivity contribution >= 4 is 9.84 Å². The van der Waals surface area contributed by atoms with Crippen molar-refractivity contribution in [1.82, 2.24) is 5.43 Å². The molecular weight excluding hydrogens is 248 g/mol. The number of hydrogen-bond acceptors (Lipinski definition) is 4. The first-order valence-electron chi connectivity index (χ1n) is 5.89. The number of sulfone groups is 1. The summed E-state index contributed by atoms with van der Waals surface area (Å²) < 4.78 is 22.7. The lowest BCUT2D eigenvalue weighted by Gasteiger charge is -2.32. The van der Waals surface area contributed by atoms with E-state index in [2.05, 4.69) is 5.43 Å². The normalized spacial score (nSPS) is 14.5. The molecule has 1 aromatic rings. The van der Waals surface area contributed by atoms with Gasteiger partial charge in [-0.05, 0) is 32.8 Å². The molecule has 18 heavy (non-hydrogen) atoms. The summed E-state index contributed by atoms with van der Waals surface area (Å²) in [6.45, 7) is 5.40. The van der Waals surface area contributed by atoms with Crippen LogP contribution in [0.1, 0.15) is 25.0 Å². The van der Waals surface area contributed by atoms with Crippen LogP contribution in [0.4, 0.5) is 0 Å². The van der Waals surface area contributed by atoms with E-state index in [4.69, 9.17) is 5.84 Å². The van der Waals surface area contributed by atoms with Gasteiger partial charge in [0.15, 0.2) is 9.84 Å². The van der Waals surface area contributed by atoms with Gasteiger partial charge in [0.2, 0.25) is 0 Å². The van der Waals surface area contributed by atoms with Crippen molar-refractivity contribution in [3.63, 3.8) is 0 Å². The fraction of sp³-hybridized carbons (Fsp3) is 0.538. The van der Waals surface area contributed by atoms with Gasteiger partial charge in [-0.2, -0.15) is 0 Å². The van der Waals surface area contributed by atoms with Crippen LogP contribution in [0.2, 0.25) is 0 Å². The van der Waals surface area contributed by atoms with Gasteiger partial charge in [-0.15, -0.1) is 0 Å². The van der Waals surface area contributed by atoms with Gasteiger partial charge < -0.3 is 0 Å². The number of nitrogens with two attached hydrogens (primary N) is 1. The monoisotopic (exact) mass is 270 g/mol. The van der Waals surface area contributed by atoms with E-state index in [-0.39, 0.29) is 6.04 Å². The van der Waals surface area contributed by atoms with Gasteiger partial charge in [0.25, 0.3) is 0 Å². The average Bonchev–Trinajstić information content (AvgIpc) is 2.24. The molecule has 1 atom stereocenters. The maximum atomic E-state index is 11.8. The van der Waals surface area contributed by atoms with Gasteiger partial charge in [0.05, 0.1) is 4.75 Å². The fourth-order valence-corrected chi connectivity index (χ4v) is 2.51. The standard InChI is InChI=1S/C13H22N2O2S/c1-10-6-5-7-11(8-10)9-12(15-14)13(2,3)18(4,16)17/h5-8,12,15H,9,14H2,1-4H3. The van der Waals surface area contributed by atoms with Crippen molar-refractivity contribution in [1.29, 1.82) is 0 Å². The van der Waals surface area contributed by atoms with Crippen LogP contribution in [0.5, 0.6) is 0 Å². The molecule has 0 amide bonds. The largest absolute Gasteiger partial charge is 0.271 e. The average molecular weight is 270 g/mol. The second kappa shape index (κ2) is 5.38. The van der Waals surface area contributed by atoms with Crippen molar-refractivity contribution in [3.8, 4) is 0 Å². The Balaban J connectivity index is 2.99. The molecular formula is C13H22N2O2S. The summed E-state index contributed by atoms with van der Waals surface area (Å²) in [5, 5.41) is 0. The SMILES string of the molecule is Cc1cccc(CC(NN)C(C)(C)S(C)(=O)=O)c1. The van der Waals surface area contributed by atoms with E-state index in [1.807, 2.05) is 31.2 Å². The topological polar surface area (TPSA) is 72.2 Å². The molecule has 3 N–H and O–H groups in total. The summed E-state index contributed by atoms with van der Waals surface area (Å²) in [7, 11) is -3.19. The number of rotatable bonds is 5. The van der Waals surface area contributed by atoms with E-state index in [0.29, 0.717) is 6.42 Å². The molecule has 0 aliphatic heterocycles. The van der Waals surface area contributed by atoms with E-state index in [9.17, 15) is 8.42 Å². The van der Waals surface area contributed by atoms with Crippen LogP contribution in [-0.4, -0.2) is 25.5 Å². The Morgan fingerprint density at radius 2 is 2.00 bits per heavy atom. The van der Waals surface area contributed by atoms with Gasteiger partial charge >= 0.3 is 0 Å². The Morgan fingerprint density at radius 1 is 1.39 bits per heavy atom. The molecule has 0 heterocycles. The van der Waals surface area contributed by atoms with Crippen LogP contribution in [0, 0.1) is 6.92 Å². The van der Waals surface area contributed by atoms with Crippen molar-refractivity contribution < 1.29 is 8.42 Å². The minimum absolute atomic E-state index is 0.325. The molecule has 0 fully saturated rings. The highest BCUT2D eigenvalue weighted by Crippen LogP contribution is 2.23. The maximum Gasteiger partial charge on any atom is 0.154 e. The minimum atomic E-state index is -3.19. The van der Waals surface area contributed by atoms with Gasteiger partial charge in [-0.3, -0.25) is 11.3 Å². The van der Waals surface area contributed by atoms with Crippen molar-refractivity contribution in [2.45, 2.75) is 38.0 Å². The Kier molecular flexibility index (Phi) is 4.53. The molecule has 0 aromatic heterocycles. The Labute approximate surface area is 109 Å². The highest BCUT2D eigenvalue weighted by atomic mass is 32.2. The third kappa shape index (κ3) is 3.31. The second-order valence-corrected chi connectivity index (χ2v) is 7.88. The summed E-state index contributed by atoms with van der Waals surface area (Å²) in [6.07, 6.45) is 1.83. The lowest BCUT2D eigenvalue weighted by Crippen LogP contribution is -2.55. The molecule has 0 radical (unpaired) electrons. The summed E-state index contributed by atoms with van der Waals surface area (Å²) in [6, 6.07) is 7.68. The van der Waals surface area contributed by atoms with Crippen LogP contribution in [-0.2, 0) is 16.3 Å². The molecule has 5 heteroatoms. The maximum absolute atomic E-state index is 11.8. The molecule has 4 nitrogen and oxygen atoms in total. The van der Waals surface area contributed by atoms with Gasteiger partial charge in [0, 0.05) is 12.3 Å². The highest BCUT2D eigenvalue weighted by Gasteiger charge is 2.38. The van der Waals surface area contributed by atoms with Crippen molar-refractivity contribution in [3.05, 3.63) is 35.4 Å². The van der Waals surface area contributed by atoms with E-state index in [0.717, 1.165) is 11.1 Å². The minimum Gasteiger partial charge on any atom is -0.271 e. The first kappa shape index (κ1) is 15.1. The molecule has 1 rings (SSSR count). The number of benzene rings is 1. The van der Waals surface area contributed by atoms with Gasteiger partial charge in [-0.25, -0.2) is 8.42 Å². The number of nitrogens with one attached hydrogen (secondary N) is 1. The van der Waals surface area contributed by atoms with E-state index in [1.165, 1.54) is 6.26 Å². The molecule has 0 bridgehead atoms. The molecule has 1 unspecified atom stereocenters. The quantitative estimate of drug-likeness (QED) is 0.623. The lowest BCUT2D eigenvalue weighted by atomic mass is 9.95. The van der Waals surface area contributed by atoms with Crippen LogP contribution < -0.4 is 11.3 Å². The summed E-state index contributed by atoms with van der Waals surface area (Å²) >= 11 is 0. The smallest absolute Gasteiger partial charge is 0.154 e. The van der Waals surface area contributed by atoms with Crippen molar-refractivity contribution in [2.75, 3.05) is 6.26 Å². The second-order valence-electron chi connectivity index (χ2n) is 5.29. The summed E-state index contributed by atoms with van der Waals surface area (Å²) in [5.74, 6) is 5.53. The zero-order valence-electron chi connectivity index (χ0n) is 11.4. The highest BCUT2D eigenvalue weighted by molar-refractivity contribution is 7.92. The zero-order valence-corrected chi connectivity index (χ0v) is 12.2. The Bertz CT molecular complexity index is 509. The third-order valence-electron chi connectivity index (χ3n) is 3.52. The fourth-order valence-electron chi connectivity index (χ4n) is 1.84. The van der Waals surface area contributed by atoms with Crippen LogP contribution in [0.15, 0.2) is 24.3 Å². The Hall–Kier alpha value is -0.910. The third-order valence-corrected chi connectivity index (χ3v) is 5.71. The van der Waals surface area contributed by atoms with E-state index < -0.39 is 14.6 Å². The first-order chi connectivity index (χ1) is 8.18. The lowest BCUT2D eigenvalue weighted by molar-refractivity contribution is 0.413. The molecule has 0 saturated carbocycles. The predicted octanol–water partition coefficient (Wildman–Crippen LogP) is 1.19. The summed E-state index contributed by atoms with van der Waals surface area (Å²) in [4.78, 5) is 0. The Morgan fingerprint density at radius 3 is 2.44 bits per heavy atom. The molecule has 0 spiro atoms. The number of hydrogen-bond donors (Lipinski definition) is 2. The molecule has 0 aliphatic rings. The summed E-state index contributed by atoms with van der Waals surface area (Å²) in [5.41, 5.74) is 4.87. The number of aryl methyl sites for hydroxylation is 1. The van der Waals surface area contributed by atoms with E-state index in [1.54, 1.807) is 13.8 Å². The molecule has 1 aromatic carbocycles. The van der Waals surface area contributed by atoms with Crippen LogP contribution in [0.3, 0.4) is 0 Å². The predicted molar refractivity (Wildman–Crippen MR) is 74.9 cm³/mol. The van der Waals surface area contributed by atoms with Crippen LogP contribution in [0.25, 0.3) is 0 Å². The van der Waals surface area contributed by atoms with Gasteiger partial charge in [0.1, 0.15) is 0 Å². The van der Waals surface area contributed by atoms with Gasteiger partial charge in [-0.1, -0.05) is 29.8 Å². The molecule has 0 aliphatic carbocycles. The van der Waals surface area contributed by atoms with Crippen LogP contribution >= 0.6 is 0 Å². The first-order valence-corrected chi connectivity index (χ1v) is 7.79.